The molecule has 1 amide bonds. The molecule has 3 aromatic heterocycles. The van der Waals surface area contributed by atoms with Gasteiger partial charge in [-0.3, -0.25) is 9.36 Å². The van der Waals surface area contributed by atoms with E-state index in [1.54, 1.807) is 43.4 Å². The number of nitriles is 1. The second-order valence-electron chi connectivity index (χ2n) is 10.6. The molecule has 0 bridgehead atoms. The van der Waals surface area contributed by atoms with Crippen LogP contribution in [0.25, 0.3) is 28.0 Å². The highest BCUT2D eigenvalue weighted by atomic mass is 16.3. The first-order valence-corrected chi connectivity index (χ1v) is 12.9. The third-order valence-corrected chi connectivity index (χ3v) is 7.44. The molecule has 6 rings (SSSR count). The van der Waals surface area contributed by atoms with Gasteiger partial charge in [-0.15, -0.1) is 0 Å². The molecule has 1 aliphatic heterocycles. The molecule has 192 valence electrons. The zero-order valence-electron chi connectivity index (χ0n) is 21.4. The number of aromatic nitrogens is 4. The Morgan fingerprint density at radius 1 is 1.11 bits per heavy atom. The van der Waals surface area contributed by atoms with E-state index in [-0.39, 0.29) is 11.9 Å². The fourth-order valence-corrected chi connectivity index (χ4v) is 5.42. The largest absolute Gasteiger partial charge is 0.381 e. The summed E-state index contributed by atoms with van der Waals surface area (Å²) in [7, 11) is 0. The zero-order valence-corrected chi connectivity index (χ0v) is 21.4. The molecule has 1 aliphatic carbocycles. The molecule has 9 heteroatoms. The Labute approximate surface area is 221 Å². The molecule has 1 atom stereocenters. The van der Waals surface area contributed by atoms with E-state index in [0.29, 0.717) is 42.6 Å². The van der Waals surface area contributed by atoms with Gasteiger partial charge in [0.1, 0.15) is 23.6 Å². The lowest BCUT2D eigenvalue weighted by Gasteiger charge is -2.44. The molecule has 4 aromatic rings. The molecule has 0 unspecified atom stereocenters. The van der Waals surface area contributed by atoms with Crippen LogP contribution in [0.5, 0.6) is 0 Å². The summed E-state index contributed by atoms with van der Waals surface area (Å²) in [4.78, 5) is 31.1. The number of carbonyl (C=O) groups excluding carboxylic acids is 1. The fraction of sp³-hybridized carbons (Fsp3) is 0.345. The van der Waals surface area contributed by atoms with Crippen molar-refractivity contribution in [1.29, 1.82) is 5.26 Å². The number of anilines is 1. The lowest BCUT2D eigenvalue weighted by atomic mass is 10.0. The van der Waals surface area contributed by atoms with Crippen molar-refractivity contribution >= 4 is 22.8 Å². The summed E-state index contributed by atoms with van der Waals surface area (Å²) in [5.41, 5.74) is 1.84. The summed E-state index contributed by atoms with van der Waals surface area (Å²) in [6, 6.07) is 15.8. The van der Waals surface area contributed by atoms with Crippen LogP contribution in [0.2, 0.25) is 0 Å². The van der Waals surface area contributed by atoms with Crippen molar-refractivity contribution in [2.24, 2.45) is 5.92 Å². The molecule has 1 N–H and O–H groups in total. The number of fused-ring (bicyclic) bond motifs is 1. The molecule has 1 aromatic carbocycles. The number of amides is 1. The highest BCUT2D eigenvalue weighted by Gasteiger charge is 2.43. The van der Waals surface area contributed by atoms with Gasteiger partial charge >= 0.3 is 0 Å². The van der Waals surface area contributed by atoms with Crippen LogP contribution in [0, 0.1) is 17.2 Å². The molecule has 1 saturated carbocycles. The molecule has 4 heterocycles. The predicted octanol–water partition coefficient (Wildman–Crippen LogP) is 3.55. The van der Waals surface area contributed by atoms with E-state index in [4.69, 9.17) is 4.98 Å². The lowest BCUT2D eigenvalue weighted by molar-refractivity contribution is -0.148. The smallest absolute Gasteiger partial charge is 0.254 e. The normalized spacial score (nSPS) is 18.0. The summed E-state index contributed by atoms with van der Waals surface area (Å²) in [5.74, 6) is 1.67. The van der Waals surface area contributed by atoms with Crippen molar-refractivity contribution < 1.29 is 9.90 Å². The van der Waals surface area contributed by atoms with Gasteiger partial charge < -0.3 is 14.9 Å². The summed E-state index contributed by atoms with van der Waals surface area (Å²) in [5, 5.41) is 20.7. The van der Waals surface area contributed by atoms with E-state index >= 15 is 0 Å². The number of nitrogens with zero attached hydrogens (tertiary/aromatic N) is 7. The average Bonchev–Trinajstić information content (AvgIpc) is 3.72. The van der Waals surface area contributed by atoms with Crippen LogP contribution in [0.4, 0.5) is 5.82 Å². The Morgan fingerprint density at radius 3 is 2.61 bits per heavy atom. The maximum Gasteiger partial charge on any atom is 0.254 e. The topological polar surface area (TPSA) is 111 Å². The highest BCUT2D eigenvalue weighted by Crippen LogP contribution is 2.42. The number of carbonyl (C=O) groups is 1. The van der Waals surface area contributed by atoms with E-state index in [0.717, 1.165) is 35.2 Å². The number of hydrogen-bond acceptors (Lipinski definition) is 7. The fourth-order valence-electron chi connectivity index (χ4n) is 5.42. The van der Waals surface area contributed by atoms with Crippen LogP contribution < -0.4 is 4.90 Å². The zero-order chi connectivity index (χ0) is 26.4. The Hall–Kier alpha value is -4.29. The maximum atomic E-state index is 12.9. The van der Waals surface area contributed by atoms with Gasteiger partial charge in [0, 0.05) is 37.6 Å². The van der Waals surface area contributed by atoms with E-state index in [1.807, 2.05) is 29.0 Å². The number of piperazine rings is 1. The first-order valence-electron chi connectivity index (χ1n) is 12.9. The SMILES string of the molecule is CC(C)(O)C(=O)N1CCN(c2ncnc3c2c(-c2ccccc2)cn3-c2cc(C#N)ccn2)[C@@H](C2CC2)C1. The molecule has 2 fully saturated rings. The second-order valence-corrected chi connectivity index (χ2v) is 10.6. The molecule has 1 saturated heterocycles. The minimum Gasteiger partial charge on any atom is -0.381 e. The molecule has 38 heavy (non-hydrogen) atoms. The number of rotatable bonds is 5. The standard InChI is InChI=1S/C29H29N7O2/c1-29(2,38)28(37)34-12-13-35(23(17-34)21-8-9-21)26-25-22(20-6-4-3-5-7-20)16-36(27(25)33-18-32-26)24-14-19(15-30)10-11-31-24/h3-7,10-11,14,16,18,21,23,38H,8-9,12-13,17H2,1-2H3/t23-/m1/s1. The third-order valence-electron chi connectivity index (χ3n) is 7.44. The third kappa shape index (κ3) is 4.27. The Kier molecular flexibility index (Phi) is 5.84. The van der Waals surface area contributed by atoms with E-state index in [1.165, 1.54) is 0 Å². The van der Waals surface area contributed by atoms with E-state index in [2.05, 4.69) is 33.1 Å². The van der Waals surface area contributed by atoms with Gasteiger partial charge in [0.2, 0.25) is 0 Å². The number of pyridine rings is 1. The number of aliphatic hydroxyl groups is 1. The molecule has 2 aliphatic rings. The van der Waals surface area contributed by atoms with Crippen LogP contribution in [-0.2, 0) is 4.79 Å². The van der Waals surface area contributed by atoms with Crippen molar-refractivity contribution in [2.75, 3.05) is 24.5 Å². The van der Waals surface area contributed by atoms with Crippen LogP contribution in [0.15, 0.2) is 61.2 Å². The van der Waals surface area contributed by atoms with Crippen molar-refractivity contribution in [2.45, 2.75) is 38.3 Å². The number of hydrogen-bond donors (Lipinski definition) is 1. The minimum atomic E-state index is -1.40. The molecular weight excluding hydrogens is 478 g/mol. The second kappa shape index (κ2) is 9.23. The Bertz CT molecular complexity index is 1550. The first kappa shape index (κ1) is 24.1. The summed E-state index contributed by atoms with van der Waals surface area (Å²) in [6.07, 6.45) is 7.44. The van der Waals surface area contributed by atoms with Crippen molar-refractivity contribution in [1.82, 2.24) is 24.4 Å². The lowest BCUT2D eigenvalue weighted by Crippen LogP contribution is -2.59. The molecule has 9 nitrogen and oxygen atoms in total. The minimum absolute atomic E-state index is 0.0974. The summed E-state index contributed by atoms with van der Waals surface area (Å²) in [6.45, 7) is 4.76. The van der Waals surface area contributed by atoms with Gasteiger partial charge in [-0.05, 0) is 50.3 Å². The van der Waals surface area contributed by atoms with Crippen LogP contribution in [0.1, 0.15) is 32.3 Å². The van der Waals surface area contributed by atoms with Gasteiger partial charge in [0.05, 0.1) is 23.1 Å². The Balaban J connectivity index is 1.50. The van der Waals surface area contributed by atoms with Gasteiger partial charge in [-0.1, -0.05) is 30.3 Å². The summed E-state index contributed by atoms with van der Waals surface area (Å²) < 4.78 is 1.92. The van der Waals surface area contributed by atoms with Gasteiger partial charge in [-0.25, -0.2) is 15.0 Å². The van der Waals surface area contributed by atoms with Gasteiger partial charge in [0.25, 0.3) is 5.91 Å². The highest BCUT2D eigenvalue weighted by molar-refractivity contribution is 6.02. The van der Waals surface area contributed by atoms with Crippen molar-refractivity contribution in [3.05, 3.63) is 66.7 Å². The molecular formula is C29H29N7O2. The van der Waals surface area contributed by atoms with Crippen molar-refractivity contribution in [3.8, 4) is 23.0 Å². The van der Waals surface area contributed by atoms with Gasteiger partial charge in [0.15, 0.2) is 5.65 Å². The van der Waals surface area contributed by atoms with E-state index < -0.39 is 5.60 Å². The monoisotopic (exact) mass is 507 g/mol. The molecule has 0 spiro atoms. The first-order chi connectivity index (χ1) is 18.3. The molecule has 0 radical (unpaired) electrons. The summed E-state index contributed by atoms with van der Waals surface area (Å²) >= 11 is 0. The quantitative estimate of drug-likeness (QED) is 0.440. The average molecular weight is 508 g/mol. The van der Waals surface area contributed by atoms with Crippen LogP contribution in [-0.4, -0.2) is 66.7 Å². The van der Waals surface area contributed by atoms with Crippen LogP contribution in [0.3, 0.4) is 0 Å². The van der Waals surface area contributed by atoms with Gasteiger partial charge in [-0.2, -0.15) is 5.26 Å². The Morgan fingerprint density at radius 2 is 1.89 bits per heavy atom. The van der Waals surface area contributed by atoms with E-state index in [9.17, 15) is 15.2 Å². The predicted molar refractivity (Wildman–Crippen MR) is 144 cm³/mol. The number of benzene rings is 1. The van der Waals surface area contributed by atoms with Crippen molar-refractivity contribution in [3.63, 3.8) is 0 Å². The maximum absolute atomic E-state index is 12.9. The van der Waals surface area contributed by atoms with Crippen LogP contribution >= 0.6 is 0 Å².